The molecule has 0 aliphatic carbocycles. The molecule has 2 aromatic rings. The Morgan fingerprint density at radius 2 is 2.08 bits per heavy atom. The van der Waals surface area contributed by atoms with Crippen molar-refractivity contribution in [3.05, 3.63) is 65.5 Å². The maximum atomic E-state index is 13.3. The maximum Gasteiger partial charge on any atom is 0.246 e. The summed E-state index contributed by atoms with van der Waals surface area (Å²) in [5.74, 6) is 0.340. The third-order valence-corrected chi connectivity index (χ3v) is 4.47. The molecule has 1 aliphatic rings. The minimum Gasteiger partial charge on any atom is -0.347 e. The highest BCUT2D eigenvalue weighted by Gasteiger charge is 2.24. The van der Waals surface area contributed by atoms with E-state index in [1.807, 2.05) is 41.1 Å². The first-order chi connectivity index (χ1) is 12.6. The van der Waals surface area contributed by atoms with Crippen LogP contribution in [0.4, 0.5) is 10.1 Å². The number of aliphatic imine (C=N–C) groups is 1. The molecule has 1 amide bonds. The van der Waals surface area contributed by atoms with E-state index in [1.165, 1.54) is 17.7 Å². The first-order valence-electron chi connectivity index (χ1n) is 8.63. The predicted molar refractivity (Wildman–Crippen MR) is 102 cm³/mol. The fourth-order valence-corrected chi connectivity index (χ4v) is 3.22. The van der Waals surface area contributed by atoms with Gasteiger partial charge in [-0.15, -0.1) is 0 Å². The second kappa shape index (κ2) is 7.99. The molecule has 0 atom stereocenters. The molecule has 0 saturated carbocycles. The van der Waals surface area contributed by atoms with Crippen molar-refractivity contribution in [2.75, 3.05) is 32.1 Å². The van der Waals surface area contributed by atoms with Crippen LogP contribution in [0, 0.1) is 5.82 Å². The van der Waals surface area contributed by atoms with Gasteiger partial charge in [-0.05, 0) is 35.7 Å². The summed E-state index contributed by atoms with van der Waals surface area (Å²) in [5, 5.41) is 3.10. The van der Waals surface area contributed by atoms with Crippen molar-refractivity contribution in [1.82, 2.24) is 10.2 Å². The molecule has 1 N–H and O–H groups in total. The molecule has 2 aromatic carbocycles. The molecule has 0 saturated heterocycles. The number of carbonyl (C=O) groups excluding carboxylic acids is 1. The van der Waals surface area contributed by atoms with E-state index < -0.39 is 0 Å². The van der Waals surface area contributed by atoms with E-state index in [0.717, 1.165) is 17.7 Å². The van der Waals surface area contributed by atoms with Gasteiger partial charge in [0.15, 0.2) is 5.96 Å². The van der Waals surface area contributed by atoms with Crippen LogP contribution < -0.4 is 10.2 Å². The van der Waals surface area contributed by atoms with Crippen LogP contribution >= 0.6 is 0 Å². The van der Waals surface area contributed by atoms with E-state index in [9.17, 15) is 9.18 Å². The lowest BCUT2D eigenvalue weighted by Crippen LogP contribution is -2.44. The standard InChI is InChI=1S/C20H23FN4O/c1-22-20(24(2)14-15-6-5-8-17(21)12-15)23-13-19(26)25-11-10-16-7-3-4-9-18(16)25/h3-9,12H,10-11,13-14H2,1-2H3,(H,22,23). The number of guanidine groups is 1. The first kappa shape index (κ1) is 17.9. The molecule has 26 heavy (non-hydrogen) atoms. The topological polar surface area (TPSA) is 47.9 Å². The van der Waals surface area contributed by atoms with E-state index in [4.69, 9.17) is 0 Å². The van der Waals surface area contributed by atoms with Gasteiger partial charge in [0, 0.05) is 32.9 Å². The van der Waals surface area contributed by atoms with E-state index in [-0.39, 0.29) is 18.3 Å². The number of hydrogen-bond acceptors (Lipinski definition) is 2. The van der Waals surface area contributed by atoms with Gasteiger partial charge >= 0.3 is 0 Å². The second-order valence-electron chi connectivity index (χ2n) is 6.31. The fourth-order valence-electron chi connectivity index (χ4n) is 3.22. The Kier molecular flexibility index (Phi) is 5.51. The third kappa shape index (κ3) is 4.02. The van der Waals surface area contributed by atoms with Crippen molar-refractivity contribution in [3.8, 4) is 0 Å². The number of halogens is 1. The fraction of sp³-hybridized carbons (Fsp3) is 0.300. The lowest BCUT2D eigenvalue weighted by atomic mass is 10.2. The third-order valence-electron chi connectivity index (χ3n) is 4.47. The van der Waals surface area contributed by atoms with Crippen molar-refractivity contribution in [2.45, 2.75) is 13.0 Å². The van der Waals surface area contributed by atoms with Crippen LogP contribution in [-0.2, 0) is 17.8 Å². The predicted octanol–water partition coefficient (Wildman–Crippen LogP) is 2.42. The summed E-state index contributed by atoms with van der Waals surface area (Å²) < 4.78 is 13.3. The molecule has 0 spiro atoms. The molecule has 0 radical (unpaired) electrons. The largest absolute Gasteiger partial charge is 0.347 e. The summed E-state index contributed by atoms with van der Waals surface area (Å²) >= 11 is 0. The van der Waals surface area contributed by atoms with Gasteiger partial charge in [-0.25, -0.2) is 4.39 Å². The van der Waals surface area contributed by atoms with Crippen LogP contribution in [0.2, 0.25) is 0 Å². The number of para-hydroxylation sites is 1. The minimum atomic E-state index is -0.262. The van der Waals surface area contributed by atoms with Crippen molar-refractivity contribution < 1.29 is 9.18 Å². The number of carbonyl (C=O) groups is 1. The molecule has 5 nitrogen and oxygen atoms in total. The SMILES string of the molecule is CN=C(NCC(=O)N1CCc2ccccc21)N(C)Cc1cccc(F)c1. The smallest absolute Gasteiger partial charge is 0.246 e. The minimum absolute atomic E-state index is 0.00950. The van der Waals surface area contributed by atoms with Crippen LogP contribution in [0.5, 0.6) is 0 Å². The van der Waals surface area contributed by atoms with Crippen molar-refractivity contribution >= 4 is 17.6 Å². The van der Waals surface area contributed by atoms with Gasteiger partial charge < -0.3 is 15.1 Å². The number of hydrogen-bond donors (Lipinski definition) is 1. The van der Waals surface area contributed by atoms with E-state index in [0.29, 0.717) is 19.0 Å². The van der Waals surface area contributed by atoms with Crippen LogP contribution in [0.25, 0.3) is 0 Å². The van der Waals surface area contributed by atoms with Gasteiger partial charge in [0.25, 0.3) is 0 Å². The zero-order chi connectivity index (χ0) is 18.5. The Balaban J connectivity index is 1.58. The van der Waals surface area contributed by atoms with Crippen molar-refractivity contribution in [2.24, 2.45) is 4.99 Å². The Morgan fingerprint density at radius 3 is 2.85 bits per heavy atom. The summed E-state index contributed by atoms with van der Waals surface area (Å²) in [6, 6.07) is 14.4. The summed E-state index contributed by atoms with van der Waals surface area (Å²) in [6.07, 6.45) is 0.885. The van der Waals surface area contributed by atoms with Crippen molar-refractivity contribution in [1.29, 1.82) is 0 Å². The van der Waals surface area contributed by atoms with E-state index in [2.05, 4.69) is 16.4 Å². The number of nitrogens with one attached hydrogen (secondary N) is 1. The number of rotatable bonds is 4. The number of amides is 1. The monoisotopic (exact) mass is 354 g/mol. The van der Waals surface area contributed by atoms with Gasteiger partial charge in [0.2, 0.25) is 5.91 Å². The van der Waals surface area contributed by atoms with Gasteiger partial charge in [0.1, 0.15) is 5.82 Å². The highest BCUT2D eigenvalue weighted by Crippen LogP contribution is 2.27. The highest BCUT2D eigenvalue weighted by atomic mass is 19.1. The average molecular weight is 354 g/mol. The van der Waals surface area contributed by atoms with Gasteiger partial charge in [0.05, 0.1) is 6.54 Å². The van der Waals surface area contributed by atoms with E-state index >= 15 is 0 Å². The Hall–Kier alpha value is -2.89. The molecule has 3 rings (SSSR count). The zero-order valence-electron chi connectivity index (χ0n) is 15.1. The summed E-state index contributed by atoms with van der Waals surface area (Å²) in [4.78, 5) is 20.5. The lowest BCUT2D eigenvalue weighted by Gasteiger charge is -2.23. The van der Waals surface area contributed by atoms with Crippen LogP contribution in [-0.4, -0.2) is 44.0 Å². The van der Waals surface area contributed by atoms with Gasteiger partial charge in [-0.3, -0.25) is 9.79 Å². The Labute approximate surface area is 153 Å². The molecular weight excluding hydrogens is 331 g/mol. The number of benzene rings is 2. The molecule has 0 bridgehead atoms. The highest BCUT2D eigenvalue weighted by molar-refractivity contribution is 5.98. The molecule has 0 fully saturated rings. The van der Waals surface area contributed by atoms with E-state index in [1.54, 1.807) is 13.1 Å². The maximum absolute atomic E-state index is 13.3. The quantitative estimate of drug-likeness (QED) is 0.678. The second-order valence-corrected chi connectivity index (χ2v) is 6.31. The molecule has 0 unspecified atom stereocenters. The molecular formula is C20H23FN4O. The normalized spacial score (nSPS) is 13.5. The van der Waals surface area contributed by atoms with Gasteiger partial charge in [-0.1, -0.05) is 30.3 Å². The molecule has 1 heterocycles. The molecule has 0 aromatic heterocycles. The Bertz CT molecular complexity index is 821. The average Bonchev–Trinajstić information content (AvgIpc) is 3.06. The van der Waals surface area contributed by atoms with Crippen LogP contribution in [0.15, 0.2) is 53.5 Å². The summed E-state index contributed by atoms with van der Waals surface area (Å²) in [5.41, 5.74) is 3.03. The Morgan fingerprint density at radius 1 is 1.27 bits per heavy atom. The molecule has 6 heteroatoms. The summed E-state index contributed by atoms with van der Waals surface area (Å²) in [6.45, 7) is 1.37. The number of fused-ring (bicyclic) bond motifs is 1. The van der Waals surface area contributed by atoms with Crippen molar-refractivity contribution in [3.63, 3.8) is 0 Å². The zero-order valence-corrected chi connectivity index (χ0v) is 15.1. The van der Waals surface area contributed by atoms with Gasteiger partial charge in [-0.2, -0.15) is 0 Å². The van der Waals surface area contributed by atoms with Crippen LogP contribution in [0.3, 0.4) is 0 Å². The summed E-state index contributed by atoms with van der Waals surface area (Å²) in [7, 11) is 3.52. The molecule has 136 valence electrons. The number of nitrogens with zero attached hydrogens (tertiary/aromatic N) is 3. The molecule has 1 aliphatic heterocycles. The number of anilines is 1. The lowest BCUT2D eigenvalue weighted by molar-refractivity contribution is -0.117. The van der Waals surface area contributed by atoms with Crippen LogP contribution in [0.1, 0.15) is 11.1 Å². The first-order valence-corrected chi connectivity index (χ1v) is 8.63.